The topological polar surface area (TPSA) is 60.9 Å². The van der Waals surface area contributed by atoms with Crippen molar-refractivity contribution in [1.82, 2.24) is 4.98 Å². The van der Waals surface area contributed by atoms with Crippen molar-refractivity contribution in [3.8, 4) is 11.5 Å². The minimum Gasteiger partial charge on any atom is -0.485 e. The molecule has 3 aromatic rings. The molecule has 7 heteroatoms. The van der Waals surface area contributed by atoms with Crippen molar-refractivity contribution in [3.63, 3.8) is 0 Å². The van der Waals surface area contributed by atoms with Gasteiger partial charge in [0.05, 0.1) is 22.9 Å². The number of nitrogens with zero attached hydrogens (tertiary/aromatic N) is 2. The van der Waals surface area contributed by atoms with Gasteiger partial charge in [-0.05, 0) is 37.1 Å². The molecular formula is C21H20N2O4S. The number of carbonyl (C=O) groups excluding carboxylic acids is 1. The Hall–Kier alpha value is -2.64. The number of anilines is 1. The third kappa shape index (κ3) is 3.31. The largest absolute Gasteiger partial charge is 0.485 e. The van der Waals surface area contributed by atoms with Crippen LogP contribution in [0.1, 0.15) is 12.8 Å². The number of aromatic nitrogens is 1. The second-order valence-corrected chi connectivity index (χ2v) is 7.92. The molecule has 0 N–H and O–H groups in total. The van der Waals surface area contributed by atoms with E-state index in [0.717, 1.165) is 29.7 Å². The third-order valence-corrected chi connectivity index (χ3v) is 6.03. The van der Waals surface area contributed by atoms with Crippen LogP contribution in [0.5, 0.6) is 11.5 Å². The van der Waals surface area contributed by atoms with Crippen molar-refractivity contribution >= 4 is 32.6 Å². The molecule has 2 aromatic carbocycles. The van der Waals surface area contributed by atoms with Crippen molar-refractivity contribution in [3.05, 3.63) is 48.5 Å². The molecule has 1 aromatic heterocycles. The Bertz CT molecular complexity index is 966. The summed E-state index contributed by atoms with van der Waals surface area (Å²) in [5.41, 5.74) is 0.888. The summed E-state index contributed by atoms with van der Waals surface area (Å²) in [6, 6.07) is 15.3. The first-order valence-electron chi connectivity index (χ1n) is 9.45. The molecule has 144 valence electrons. The van der Waals surface area contributed by atoms with Crippen molar-refractivity contribution < 1.29 is 19.0 Å². The Morgan fingerprint density at radius 2 is 1.96 bits per heavy atom. The van der Waals surface area contributed by atoms with Crippen molar-refractivity contribution in [2.45, 2.75) is 25.0 Å². The van der Waals surface area contributed by atoms with E-state index in [-0.39, 0.29) is 18.6 Å². The Balaban J connectivity index is 1.44. The fourth-order valence-electron chi connectivity index (χ4n) is 3.54. The molecule has 2 aliphatic heterocycles. The van der Waals surface area contributed by atoms with Crippen LogP contribution < -0.4 is 14.4 Å². The number of amides is 1. The molecule has 3 heterocycles. The van der Waals surface area contributed by atoms with Gasteiger partial charge < -0.3 is 14.2 Å². The second kappa shape index (κ2) is 7.41. The molecule has 1 fully saturated rings. The van der Waals surface area contributed by atoms with E-state index in [1.54, 1.807) is 4.90 Å². The number of benzene rings is 2. The van der Waals surface area contributed by atoms with Gasteiger partial charge in [0.15, 0.2) is 16.6 Å². The predicted octanol–water partition coefficient (Wildman–Crippen LogP) is 3.65. The third-order valence-electron chi connectivity index (χ3n) is 4.97. The van der Waals surface area contributed by atoms with E-state index in [1.807, 2.05) is 48.5 Å². The molecule has 1 saturated heterocycles. The fraction of sp³-hybridized carbons (Fsp3) is 0.333. The lowest BCUT2D eigenvalue weighted by atomic mass is 10.2. The first-order chi connectivity index (χ1) is 13.8. The van der Waals surface area contributed by atoms with E-state index in [0.29, 0.717) is 23.2 Å². The van der Waals surface area contributed by atoms with Crippen molar-refractivity contribution in [2.24, 2.45) is 0 Å². The Labute approximate surface area is 166 Å². The predicted molar refractivity (Wildman–Crippen MR) is 107 cm³/mol. The molecular weight excluding hydrogens is 376 g/mol. The lowest BCUT2D eigenvalue weighted by Gasteiger charge is -2.30. The van der Waals surface area contributed by atoms with Crippen molar-refractivity contribution in [1.29, 1.82) is 0 Å². The zero-order valence-electron chi connectivity index (χ0n) is 15.2. The van der Waals surface area contributed by atoms with E-state index < -0.39 is 6.10 Å². The van der Waals surface area contributed by atoms with E-state index in [1.165, 1.54) is 11.3 Å². The molecule has 6 nitrogen and oxygen atoms in total. The number of carbonyl (C=O) groups is 1. The summed E-state index contributed by atoms with van der Waals surface area (Å²) in [5, 5.41) is 0.671. The summed E-state index contributed by atoms with van der Waals surface area (Å²) in [6.45, 7) is 1.39. The van der Waals surface area contributed by atoms with Gasteiger partial charge in [-0.1, -0.05) is 35.6 Å². The van der Waals surface area contributed by atoms with Crippen LogP contribution in [0.25, 0.3) is 10.2 Å². The molecule has 0 aliphatic carbocycles. The Morgan fingerprint density at radius 3 is 2.79 bits per heavy atom. The highest BCUT2D eigenvalue weighted by Gasteiger charge is 2.35. The van der Waals surface area contributed by atoms with Gasteiger partial charge in [-0.15, -0.1) is 0 Å². The molecule has 28 heavy (non-hydrogen) atoms. The minimum atomic E-state index is -0.705. The van der Waals surface area contributed by atoms with Gasteiger partial charge in [0.1, 0.15) is 6.61 Å². The summed E-state index contributed by atoms with van der Waals surface area (Å²) in [4.78, 5) is 19.8. The number of ether oxygens (including phenoxy) is 3. The lowest BCUT2D eigenvalue weighted by Crippen LogP contribution is -2.48. The monoisotopic (exact) mass is 396 g/mol. The first-order valence-corrected chi connectivity index (χ1v) is 10.3. The van der Waals surface area contributed by atoms with Crippen LogP contribution in [0, 0.1) is 0 Å². The van der Waals surface area contributed by atoms with Gasteiger partial charge >= 0.3 is 0 Å². The van der Waals surface area contributed by atoms with Gasteiger partial charge in [-0.25, -0.2) is 4.98 Å². The van der Waals surface area contributed by atoms with Crippen LogP contribution in [-0.4, -0.2) is 42.9 Å². The van der Waals surface area contributed by atoms with Crippen LogP contribution in [0.15, 0.2) is 48.5 Å². The summed E-state index contributed by atoms with van der Waals surface area (Å²) in [7, 11) is 0. The van der Waals surface area contributed by atoms with Gasteiger partial charge in [0, 0.05) is 6.61 Å². The van der Waals surface area contributed by atoms with E-state index in [4.69, 9.17) is 14.2 Å². The number of para-hydroxylation sites is 3. The average molecular weight is 396 g/mol. The standard InChI is InChI=1S/C21H20N2O4S/c24-20(18-13-26-16-8-2-3-9-17(16)27-18)23(12-14-6-5-11-25-14)21-22-15-7-1-4-10-19(15)28-21/h1-4,7-10,14,18H,5-6,11-13H2/t14-,18-/m0/s1. The number of hydrogen-bond acceptors (Lipinski definition) is 6. The average Bonchev–Trinajstić information content (AvgIpc) is 3.40. The molecule has 0 radical (unpaired) electrons. The molecule has 0 spiro atoms. The van der Waals surface area contributed by atoms with Gasteiger partial charge in [0.25, 0.3) is 5.91 Å². The molecule has 1 amide bonds. The molecule has 0 unspecified atom stereocenters. The van der Waals surface area contributed by atoms with Crippen LogP contribution in [-0.2, 0) is 9.53 Å². The van der Waals surface area contributed by atoms with Gasteiger partial charge in [-0.2, -0.15) is 0 Å². The number of hydrogen-bond donors (Lipinski definition) is 0. The Morgan fingerprint density at radius 1 is 1.14 bits per heavy atom. The Kier molecular flexibility index (Phi) is 4.62. The molecule has 0 bridgehead atoms. The summed E-state index contributed by atoms with van der Waals surface area (Å²) >= 11 is 1.51. The molecule has 5 rings (SSSR count). The van der Waals surface area contributed by atoms with Gasteiger partial charge in [0.2, 0.25) is 6.10 Å². The summed E-state index contributed by atoms with van der Waals surface area (Å²) in [5.74, 6) is 1.11. The summed E-state index contributed by atoms with van der Waals surface area (Å²) < 4.78 is 18.5. The zero-order chi connectivity index (χ0) is 18.9. The van der Waals surface area contributed by atoms with E-state index in [9.17, 15) is 4.79 Å². The van der Waals surface area contributed by atoms with Crippen LogP contribution in [0.2, 0.25) is 0 Å². The second-order valence-electron chi connectivity index (χ2n) is 6.91. The summed E-state index contributed by atoms with van der Waals surface area (Å²) in [6.07, 6.45) is 1.28. The van der Waals surface area contributed by atoms with E-state index >= 15 is 0 Å². The number of fused-ring (bicyclic) bond motifs is 2. The molecule has 2 atom stereocenters. The van der Waals surface area contributed by atoms with E-state index in [2.05, 4.69) is 4.98 Å². The van der Waals surface area contributed by atoms with Gasteiger partial charge in [-0.3, -0.25) is 9.69 Å². The highest BCUT2D eigenvalue weighted by atomic mass is 32.1. The lowest BCUT2D eigenvalue weighted by molar-refractivity contribution is -0.128. The molecule has 2 aliphatic rings. The van der Waals surface area contributed by atoms with Crippen LogP contribution in [0.3, 0.4) is 0 Å². The van der Waals surface area contributed by atoms with Crippen LogP contribution in [0.4, 0.5) is 5.13 Å². The zero-order valence-corrected chi connectivity index (χ0v) is 16.1. The number of rotatable bonds is 4. The number of thiazole rings is 1. The highest BCUT2D eigenvalue weighted by molar-refractivity contribution is 7.22. The maximum atomic E-state index is 13.4. The smallest absolute Gasteiger partial charge is 0.273 e. The maximum absolute atomic E-state index is 13.4. The van der Waals surface area contributed by atoms with Crippen molar-refractivity contribution in [2.75, 3.05) is 24.7 Å². The quantitative estimate of drug-likeness (QED) is 0.674. The normalized spacial score (nSPS) is 21.0. The van der Waals surface area contributed by atoms with Crippen LogP contribution >= 0.6 is 11.3 Å². The first kappa shape index (κ1) is 17.5. The maximum Gasteiger partial charge on any atom is 0.273 e. The highest BCUT2D eigenvalue weighted by Crippen LogP contribution is 2.34. The fourth-order valence-corrected chi connectivity index (χ4v) is 4.53. The minimum absolute atomic E-state index is 0.0211. The molecule has 0 saturated carbocycles. The SMILES string of the molecule is O=C([C@@H]1COc2ccccc2O1)N(C[C@@H]1CCCO1)c1nc2ccccc2s1.